The Morgan fingerprint density at radius 1 is 1.00 bits per heavy atom. The number of para-hydroxylation sites is 1. The first kappa shape index (κ1) is 17.0. The zero-order valence-corrected chi connectivity index (χ0v) is 13.9. The van der Waals surface area contributed by atoms with Crippen molar-refractivity contribution in [2.24, 2.45) is 0 Å². The second-order valence-electron chi connectivity index (χ2n) is 5.29. The van der Waals surface area contributed by atoms with Crippen LogP contribution in [0.25, 0.3) is 0 Å². The Morgan fingerprint density at radius 3 is 2.13 bits per heavy atom. The van der Waals surface area contributed by atoms with E-state index >= 15 is 0 Å². The topological polar surface area (TPSA) is 58.2 Å². The molecule has 2 rings (SSSR count). The Labute approximate surface area is 140 Å². The van der Waals surface area contributed by atoms with Gasteiger partial charge in [-0.25, -0.2) is 0 Å². The van der Waals surface area contributed by atoms with Gasteiger partial charge < -0.3 is 10.6 Å². The van der Waals surface area contributed by atoms with Gasteiger partial charge in [-0.2, -0.15) is 0 Å². The van der Waals surface area contributed by atoms with E-state index in [4.69, 9.17) is 11.6 Å². The van der Waals surface area contributed by atoms with Crippen molar-refractivity contribution < 1.29 is 9.59 Å². The molecule has 120 valence electrons. The van der Waals surface area contributed by atoms with Crippen LogP contribution in [-0.4, -0.2) is 17.9 Å². The number of benzene rings is 2. The smallest absolute Gasteiger partial charge is 0.255 e. The first-order chi connectivity index (χ1) is 11.0. The average molecular weight is 331 g/mol. The number of anilines is 1. The molecule has 0 bridgehead atoms. The van der Waals surface area contributed by atoms with E-state index in [0.29, 0.717) is 21.8 Å². The fourth-order valence-electron chi connectivity index (χ4n) is 1.94. The van der Waals surface area contributed by atoms with Crippen LogP contribution in [0.1, 0.15) is 41.0 Å². The van der Waals surface area contributed by atoms with E-state index < -0.39 is 0 Å². The lowest BCUT2D eigenvalue weighted by atomic mass is 10.1. The quantitative estimate of drug-likeness (QED) is 0.866. The Hall–Kier alpha value is -2.33. The van der Waals surface area contributed by atoms with Crippen LogP contribution in [0, 0.1) is 0 Å². The molecule has 1 atom stereocenters. The summed E-state index contributed by atoms with van der Waals surface area (Å²) in [6, 6.07) is 13.7. The minimum atomic E-state index is -0.271. The van der Waals surface area contributed by atoms with Gasteiger partial charge in [-0.1, -0.05) is 30.7 Å². The molecule has 0 spiro atoms. The molecule has 23 heavy (non-hydrogen) atoms. The van der Waals surface area contributed by atoms with Crippen molar-refractivity contribution in [2.75, 3.05) is 5.32 Å². The maximum Gasteiger partial charge on any atom is 0.255 e. The summed E-state index contributed by atoms with van der Waals surface area (Å²) in [5, 5.41) is 6.11. The third-order valence-electron chi connectivity index (χ3n) is 3.52. The molecular formula is C18H19ClN2O2. The Kier molecular flexibility index (Phi) is 5.77. The number of hydrogen-bond acceptors (Lipinski definition) is 2. The number of hydrogen-bond donors (Lipinski definition) is 2. The molecule has 0 saturated carbocycles. The van der Waals surface area contributed by atoms with Gasteiger partial charge in [0.25, 0.3) is 11.8 Å². The summed E-state index contributed by atoms with van der Waals surface area (Å²) in [4.78, 5) is 24.2. The van der Waals surface area contributed by atoms with Gasteiger partial charge in [0.05, 0.1) is 10.7 Å². The minimum Gasteiger partial charge on any atom is -0.350 e. The Balaban J connectivity index is 2.06. The normalized spacial score (nSPS) is 11.6. The number of amides is 2. The molecule has 5 heteroatoms. The Bertz CT molecular complexity index is 698. The molecule has 0 radical (unpaired) electrons. The van der Waals surface area contributed by atoms with Gasteiger partial charge >= 0.3 is 0 Å². The molecular weight excluding hydrogens is 312 g/mol. The maximum atomic E-state index is 12.2. The van der Waals surface area contributed by atoms with Crippen molar-refractivity contribution in [1.29, 1.82) is 0 Å². The lowest BCUT2D eigenvalue weighted by Crippen LogP contribution is -2.31. The molecule has 0 aliphatic heterocycles. The Morgan fingerprint density at radius 2 is 1.57 bits per heavy atom. The van der Waals surface area contributed by atoms with E-state index in [1.54, 1.807) is 48.5 Å². The molecule has 1 unspecified atom stereocenters. The van der Waals surface area contributed by atoms with Gasteiger partial charge in [0.1, 0.15) is 0 Å². The summed E-state index contributed by atoms with van der Waals surface area (Å²) in [6.07, 6.45) is 0.865. The van der Waals surface area contributed by atoms with Crippen LogP contribution < -0.4 is 10.6 Å². The molecule has 2 aromatic rings. The first-order valence-corrected chi connectivity index (χ1v) is 7.86. The first-order valence-electron chi connectivity index (χ1n) is 7.48. The molecule has 4 nitrogen and oxygen atoms in total. The molecule has 0 heterocycles. The summed E-state index contributed by atoms with van der Waals surface area (Å²) >= 11 is 6.02. The molecule has 0 saturated heterocycles. The van der Waals surface area contributed by atoms with Gasteiger partial charge in [0.2, 0.25) is 0 Å². The highest BCUT2D eigenvalue weighted by atomic mass is 35.5. The van der Waals surface area contributed by atoms with Crippen LogP contribution in [0.15, 0.2) is 48.5 Å². The lowest BCUT2D eigenvalue weighted by Gasteiger charge is -2.11. The zero-order chi connectivity index (χ0) is 16.8. The van der Waals surface area contributed by atoms with Crippen molar-refractivity contribution in [3.05, 3.63) is 64.7 Å². The minimum absolute atomic E-state index is 0.116. The summed E-state index contributed by atoms with van der Waals surface area (Å²) in [6.45, 7) is 3.95. The largest absolute Gasteiger partial charge is 0.350 e. The fourth-order valence-corrected chi connectivity index (χ4v) is 2.12. The number of rotatable bonds is 5. The third kappa shape index (κ3) is 4.57. The highest BCUT2D eigenvalue weighted by molar-refractivity contribution is 6.33. The third-order valence-corrected chi connectivity index (χ3v) is 3.85. The fraction of sp³-hybridized carbons (Fsp3) is 0.222. The number of nitrogens with one attached hydrogen (secondary N) is 2. The van der Waals surface area contributed by atoms with Gasteiger partial charge in [0.15, 0.2) is 0 Å². The summed E-state index contributed by atoms with van der Waals surface area (Å²) in [5.41, 5.74) is 1.54. The van der Waals surface area contributed by atoms with Crippen LogP contribution >= 0.6 is 11.6 Å². The van der Waals surface area contributed by atoms with Crippen LogP contribution in [0.2, 0.25) is 5.02 Å². The summed E-state index contributed by atoms with van der Waals surface area (Å²) in [7, 11) is 0. The van der Waals surface area contributed by atoms with Crippen LogP contribution in [0.3, 0.4) is 0 Å². The lowest BCUT2D eigenvalue weighted by molar-refractivity contribution is 0.0937. The van der Waals surface area contributed by atoms with Crippen molar-refractivity contribution >= 4 is 29.1 Å². The maximum absolute atomic E-state index is 12.2. The van der Waals surface area contributed by atoms with Crippen molar-refractivity contribution in [2.45, 2.75) is 26.3 Å². The van der Waals surface area contributed by atoms with Crippen LogP contribution in [-0.2, 0) is 0 Å². The predicted octanol–water partition coefficient (Wildman–Crippen LogP) is 4.12. The standard InChI is InChI=1S/C18H19ClN2O2/c1-3-12(2)20-17(22)13-8-10-14(11-9-13)18(23)21-16-7-5-4-6-15(16)19/h4-12H,3H2,1-2H3,(H,20,22)(H,21,23). The van der Waals surface area contributed by atoms with Crippen molar-refractivity contribution in [1.82, 2.24) is 5.32 Å². The van der Waals surface area contributed by atoms with E-state index in [9.17, 15) is 9.59 Å². The van der Waals surface area contributed by atoms with Crippen molar-refractivity contribution in [3.8, 4) is 0 Å². The monoisotopic (exact) mass is 330 g/mol. The van der Waals surface area contributed by atoms with Crippen LogP contribution in [0.5, 0.6) is 0 Å². The van der Waals surface area contributed by atoms with E-state index in [1.165, 1.54) is 0 Å². The molecule has 2 amide bonds. The van der Waals surface area contributed by atoms with E-state index in [0.717, 1.165) is 6.42 Å². The number of carbonyl (C=O) groups excluding carboxylic acids is 2. The highest BCUT2D eigenvalue weighted by Crippen LogP contribution is 2.21. The number of halogens is 1. The second-order valence-corrected chi connectivity index (χ2v) is 5.70. The molecule has 0 aliphatic rings. The zero-order valence-electron chi connectivity index (χ0n) is 13.1. The predicted molar refractivity (Wildman–Crippen MR) is 93.1 cm³/mol. The van der Waals surface area contributed by atoms with Crippen molar-refractivity contribution in [3.63, 3.8) is 0 Å². The molecule has 0 fully saturated rings. The number of carbonyl (C=O) groups is 2. The molecule has 0 aliphatic carbocycles. The summed E-state index contributed by atoms with van der Waals surface area (Å²) < 4.78 is 0. The van der Waals surface area contributed by atoms with Gasteiger partial charge in [-0.05, 0) is 49.7 Å². The van der Waals surface area contributed by atoms with Gasteiger partial charge in [-0.3, -0.25) is 9.59 Å². The SMILES string of the molecule is CCC(C)NC(=O)c1ccc(C(=O)Nc2ccccc2Cl)cc1. The van der Waals surface area contributed by atoms with Gasteiger partial charge in [0, 0.05) is 17.2 Å². The van der Waals surface area contributed by atoms with Gasteiger partial charge in [-0.15, -0.1) is 0 Å². The van der Waals surface area contributed by atoms with E-state index in [1.807, 2.05) is 13.8 Å². The molecule has 2 aromatic carbocycles. The van der Waals surface area contributed by atoms with Crippen LogP contribution in [0.4, 0.5) is 5.69 Å². The second kappa shape index (κ2) is 7.79. The highest BCUT2D eigenvalue weighted by Gasteiger charge is 2.11. The molecule has 2 N–H and O–H groups in total. The average Bonchev–Trinajstić information content (AvgIpc) is 2.56. The molecule has 0 aromatic heterocycles. The van der Waals surface area contributed by atoms with E-state index in [-0.39, 0.29) is 17.9 Å². The van der Waals surface area contributed by atoms with E-state index in [2.05, 4.69) is 10.6 Å². The summed E-state index contributed by atoms with van der Waals surface area (Å²) in [5.74, 6) is -0.413.